The fourth-order valence-corrected chi connectivity index (χ4v) is 1.26. The van der Waals surface area contributed by atoms with Gasteiger partial charge >= 0.3 is 5.69 Å². The number of hydrogen-bond acceptors (Lipinski definition) is 3. The van der Waals surface area contributed by atoms with Crippen LogP contribution in [0, 0.1) is 0 Å². The molecule has 0 spiro atoms. The Labute approximate surface area is 86.2 Å². The SMILES string of the molecule is C=Cc1cccc(-n2nnn(C)c2=O)c1. The summed E-state index contributed by atoms with van der Waals surface area (Å²) >= 11 is 0. The van der Waals surface area contributed by atoms with Crippen molar-refractivity contribution in [1.29, 1.82) is 0 Å². The molecule has 76 valence electrons. The van der Waals surface area contributed by atoms with Crippen LogP contribution >= 0.6 is 0 Å². The molecule has 2 rings (SSSR count). The molecule has 0 aliphatic heterocycles. The number of aryl methyl sites for hydroxylation is 1. The van der Waals surface area contributed by atoms with E-state index < -0.39 is 0 Å². The van der Waals surface area contributed by atoms with Gasteiger partial charge in [0.1, 0.15) is 0 Å². The Balaban J connectivity index is 2.59. The van der Waals surface area contributed by atoms with Crippen molar-refractivity contribution in [3.8, 4) is 5.69 Å². The molecular formula is C10H10N4O. The van der Waals surface area contributed by atoms with Gasteiger partial charge in [-0.3, -0.25) is 0 Å². The molecule has 0 aliphatic rings. The van der Waals surface area contributed by atoms with Gasteiger partial charge in [0.25, 0.3) is 0 Å². The van der Waals surface area contributed by atoms with E-state index in [1.54, 1.807) is 19.2 Å². The first-order valence-corrected chi connectivity index (χ1v) is 4.44. The molecular weight excluding hydrogens is 192 g/mol. The third-order valence-corrected chi connectivity index (χ3v) is 2.07. The number of tetrazole rings is 1. The Hall–Kier alpha value is -2.17. The maximum absolute atomic E-state index is 11.5. The summed E-state index contributed by atoms with van der Waals surface area (Å²) in [5, 5.41) is 7.38. The van der Waals surface area contributed by atoms with E-state index in [-0.39, 0.29) is 5.69 Å². The molecule has 1 heterocycles. The number of nitrogens with zero attached hydrogens (tertiary/aromatic N) is 4. The second-order valence-electron chi connectivity index (χ2n) is 3.10. The van der Waals surface area contributed by atoms with Crippen molar-refractivity contribution in [1.82, 2.24) is 19.8 Å². The van der Waals surface area contributed by atoms with Gasteiger partial charge in [-0.1, -0.05) is 24.8 Å². The molecule has 0 atom stereocenters. The van der Waals surface area contributed by atoms with Crippen LogP contribution in [0.5, 0.6) is 0 Å². The van der Waals surface area contributed by atoms with Crippen molar-refractivity contribution in [2.45, 2.75) is 0 Å². The Morgan fingerprint density at radius 1 is 1.40 bits per heavy atom. The maximum atomic E-state index is 11.5. The molecule has 2 aromatic rings. The first kappa shape index (κ1) is 9.39. The summed E-state index contributed by atoms with van der Waals surface area (Å²) in [5.41, 5.74) is 1.35. The molecule has 0 N–H and O–H groups in total. The monoisotopic (exact) mass is 202 g/mol. The highest BCUT2D eigenvalue weighted by Crippen LogP contribution is 2.07. The molecule has 0 amide bonds. The van der Waals surface area contributed by atoms with Gasteiger partial charge in [0.15, 0.2) is 0 Å². The van der Waals surface area contributed by atoms with Crippen LogP contribution < -0.4 is 5.69 Å². The molecule has 1 aromatic carbocycles. The molecule has 0 saturated carbocycles. The third-order valence-electron chi connectivity index (χ3n) is 2.07. The molecule has 0 bridgehead atoms. The number of hydrogen-bond donors (Lipinski definition) is 0. The topological polar surface area (TPSA) is 52.7 Å². The zero-order valence-corrected chi connectivity index (χ0v) is 8.29. The van der Waals surface area contributed by atoms with Crippen LogP contribution in [-0.4, -0.2) is 19.8 Å². The molecule has 0 radical (unpaired) electrons. The Kier molecular flexibility index (Phi) is 2.21. The molecule has 1 aromatic heterocycles. The van der Waals surface area contributed by atoms with E-state index in [1.165, 1.54) is 9.36 Å². The van der Waals surface area contributed by atoms with Crippen LogP contribution in [0.25, 0.3) is 11.8 Å². The molecule has 5 heteroatoms. The smallest absolute Gasteiger partial charge is 0.244 e. The van der Waals surface area contributed by atoms with Crippen LogP contribution in [-0.2, 0) is 7.05 Å². The van der Waals surface area contributed by atoms with Gasteiger partial charge in [0.2, 0.25) is 0 Å². The largest absolute Gasteiger partial charge is 0.368 e. The van der Waals surface area contributed by atoms with E-state index in [0.29, 0.717) is 5.69 Å². The summed E-state index contributed by atoms with van der Waals surface area (Å²) in [5.74, 6) is 0. The third kappa shape index (κ3) is 1.59. The molecule has 0 saturated heterocycles. The predicted molar refractivity (Wildman–Crippen MR) is 56.7 cm³/mol. The highest BCUT2D eigenvalue weighted by molar-refractivity contribution is 5.51. The minimum atomic E-state index is -0.267. The summed E-state index contributed by atoms with van der Waals surface area (Å²) in [7, 11) is 1.56. The van der Waals surface area contributed by atoms with Gasteiger partial charge in [0.05, 0.1) is 5.69 Å². The van der Waals surface area contributed by atoms with Crippen molar-refractivity contribution in [2.75, 3.05) is 0 Å². The Bertz CT molecular complexity index is 553. The van der Waals surface area contributed by atoms with Crippen LogP contribution in [0.3, 0.4) is 0 Å². The fraction of sp³-hybridized carbons (Fsp3) is 0.100. The second kappa shape index (κ2) is 3.53. The van der Waals surface area contributed by atoms with Crippen molar-refractivity contribution < 1.29 is 0 Å². The van der Waals surface area contributed by atoms with E-state index >= 15 is 0 Å². The summed E-state index contributed by atoms with van der Waals surface area (Å²) in [6.07, 6.45) is 1.71. The summed E-state index contributed by atoms with van der Waals surface area (Å²) in [6, 6.07) is 7.36. The van der Waals surface area contributed by atoms with E-state index in [0.717, 1.165) is 5.56 Å². The second-order valence-corrected chi connectivity index (χ2v) is 3.10. The average Bonchev–Trinajstić information content (AvgIpc) is 2.60. The van der Waals surface area contributed by atoms with E-state index in [4.69, 9.17) is 0 Å². The first-order chi connectivity index (χ1) is 7.22. The fourth-order valence-electron chi connectivity index (χ4n) is 1.26. The minimum absolute atomic E-state index is 0.267. The normalized spacial score (nSPS) is 10.2. The quantitative estimate of drug-likeness (QED) is 0.717. The summed E-state index contributed by atoms with van der Waals surface area (Å²) in [6.45, 7) is 3.66. The average molecular weight is 202 g/mol. The van der Waals surface area contributed by atoms with Gasteiger partial charge in [-0.15, -0.1) is 0 Å². The number of rotatable bonds is 2. The lowest BCUT2D eigenvalue weighted by Gasteiger charge is -1.98. The Morgan fingerprint density at radius 3 is 2.80 bits per heavy atom. The molecule has 15 heavy (non-hydrogen) atoms. The van der Waals surface area contributed by atoms with Gasteiger partial charge in [-0.2, -0.15) is 9.36 Å². The maximum Gasteiger partial charge on any atom is 0.368 e. The van der Waals surface area contributed by atoms with E-state index in [9.17, 15) is 4.79 Å². The lowest BCUT2D eigenvalue weighted by Crippen LogP contribution is -2.21. The van der Waals surface area contributed by atoms with Crippen LogP contribution in [0.15, 0.2) is 35.6 Å². The zero-order chi connectivity index (χ0) is 10.8. The molecule has 0 aliphatic carbocycles. The van der Waals surface area contributed by atoms with Crippen molar-refractivity contribution in [3.63, 3.8) is 0 Å². The van der Waals surface area contributed by atoms with Crippen molar-refractivity contribution in [3.05, 3.63) is 46.9 Å². The highest BCUT2D eigenvalue weighted by Gasteiger charge is 2.05. The summed E-state index contributed by atoms with van der Waals surface area (Å²) < 4.78 is 2.42. The summed E-state index contributed by atoms with van der Waals surface area (Å²) in [4.78, 5) is 11.5. The standard InChI is InChI=1S/C10H10N4O/c1-3-8-5-4-6-9(7-8)14-10(15)13(2)11-12-14/h3-7H,1H2,2H3. The van der Waals surface area contributed by atoms with Gasteiger partial charge in [-0.05, 0) is 28.1 Å². The van der Waals surface area contributed by atoms with Gasteiger partial charge < -0.3 is 0 Å². The van der Waals surface area contributed by atoms with E-state index in [2.05, 4.69) is 17.0 Å². The van der Waals surface area contributed by atoms with Crippen LogP contribution in [0.1, 0.15) is 5.56 Å². The predicted octanol–water partition coefficient (Wildman–Crippen LogP) is 0.609. The van der Waals surface area contributed by atoms with Gasteiger partial charge in [0, 0.05) is 7.05 Å². The van der Waals surface area contributed by atoms with Crippen LogP contribution in [0.4, 0.5) is 0 Å². The van der Waals surface area contributed by atoms with E-state index in [1.807, 2.05) is 18.2 Å². The lowest BCUT2D eigenvalue weighted by molar-refractivity contribution is 0.693. The molecule has 5 nitrogen and oxygen atoms in total. The number of benzene rings is 1. The molecule has 0 fully saturated rings. The lowest BCUT2D eigenvalue weighted by atomic mass is 10.2. The van der Waals surface area contributed by atoms with Crippen molar-refractivity contribution >= 4 is 6.08 Å². The van der Waals surface area contributed by atoms with Gasteiger partial charge in [-0.25, -0.2) is 4.79 Å². The first-order valence-electron chi connectivity index (χ1n) is 4.44. The minimum Gasteiger partial charge on any atom is -0.244 e. The molecule has 0 unspecified atom stereocenters. The van der Waals surface area contributed by atoms with Crippen LogP contribution in [0.2, 0.25) is 0 Å². The highest BCUT2D eigenvalue weighted by atomic mass is 16.2. The number of aromatic nitrogens is 4. The zero-order valence-electron chi connectivity index (χ0n) is 8.29. The Morgan fingerprint density at radius 2 is 2.20 bits per heavy atom. The van der Waals surface area contributed by atoms with Crippen molar-refractivity contribution in [2.24, 2.45) is 7.05 Å².